The van der Waals surface area contributed by atoms with Crippen LogP contribution in [0.1, 0.15) is 22.3 Å². The molecule has 0 bridgehead atoms. The summed E-state index contributed by atoms with van der Waals surface area (Å²) in [6.07, 6.45) is 6.21. The standard InChI is InChI=1S/C16H21N3O2S/c1-22-12-15(7-10-20)18-16(21)14-5-3-13(4-6-14)11-19-9-2-8-17-19/h2-6,8-9,15,20H,7,10-12H2,1H3,(H,18,21). The highest BCUT2D eigenvalue weighted by molar-refractivity contribution is 7.98. The van der Waals surface area contributed by atoms with Crippen molar-refractivity contribution in [1.82, 2.24) is 15.1 Å². The van der Waals surface area contributed by atoms with Crippen molar-refractivity contribution in [2.24, 2.45) is 0 Å². The molecule has 1 aromatic heterocycles. The lowest BCUT2D eigenvalue weighted by Gasteiger charge is -2.16. The molecule has 0 aliphatic carbocycles. The van der Waals surface area contributed by atoms with E-state index in [0.717, 1.165) is 11.3 Å². The van der Waals surface area contributed by atoms with Gasteiger partial charge in [0.2, 0.25) is 0 Å². The summed E-state index contributed by atoms with van der Waals surface area (Å²) in [6.45, 7) is 0.767. The first kappa shape index (κ1) is 16.6. The molecule has 2 rings (SSSR count). The van der Waals surface area contributed by atoms with E-state index in [1.165, 1.54) is 0 Å². The highest BCUT2D eigenvalue weighted by Crippen LogP contribution is 2.08. The largest absolute Gasteiger partial charge is 0.396 e. The molecule has 0 radical (unpaired) electrons. The Kier molecular flexibility index (Phi) is 6.48. The van der Waals surface area contributed by atoms with Crippen LogP contribution in [-0.2, 0) is 6.54 Å². The van der Waals surface area contributed by atoms with E-state index in [4.69, 9.17) is 5.11 Å². The predicted molar refractivity (Wildman–Crippen MR) is 89.1 cm³/mol. The van der Waals surface area contributed by atoms with Crippen LogP contribution in [0.4, 0.5) is 0 Å². The topological polar surface area (TPSA) is 67.2 Å². The molecule has 2 aromatic rings. The molecule has 0 fully saturated rings. The Hall–Kier alpha value is -1.79. The summed E-state index contributed by atoms with van der Waals surface area (Å²) in [4.78, 5) is 12.2. The van der Waals surface area contributed by atoms with Gasteiger partial charge in [-0.2, -0.15) is 16.9 Å². The first-order valence-corrected chi connectivity index (χ1v) is 8.59. The molecule has 118 valence electrons. The zero-order valence-electron chi connectivity index (χ0n) is 12.6. The molecule has 22 heavy (non-hydrogen) atoms. The minimum Gasteiger partial charge on any atom is -0.396 e. The van der Waals surface area contributed by atoms with Crippen LogP contribution in [0.15, 0.2) is 42.7 Å². The number of rotatable bonds is 8. The maximum Gasteiger partial charge on any atom is 0.251 e. The van der Waals surface area contributed by atoms with Gasteiger partial charge in [0.25, 0.3) is 5.91 Å². The maximum atomic E-state index is 12.2. The summed E-state index contributed by atoms with van der Waals surface area (Å²) in [5.41, 5.74) is 1.73. The number of nitrogens with zero attached hydrogens (tertiary/aromatic N) is 2. The normalized spacial score (nSPS) is 12.1. The third kappa shape index (κ3) is 4.89. The Morgan fingerprint density at radius 2 is 2.18 bits per heavy atom. The number of hydrogen-bond acceptors (Lipinski definition) is 4. The zero-order chi connectivity index (χ0) is 15.8. The number of benzene rings is 1. The van der Waals surface area contributed by atoms with Crippen LogP contribution in [-0.4, -0.2) is 45.5 Å². The van der Waals surface area contributed by atoms with Crippen molar-refractivity contribution in [3.05, 3.63) is 53.9 Å². The minimum atomic E-state index is -0.0989. The molecule has 0 saturated carbocycles. The van der Waals surface area contributed by atoms with Gasteiger partial charge in [-0.05, 0) is 36.4 Å². The summed E-state index contributed by atoms with van der Waals surface area (Å²) in [5, 5.41) is 16.2. The Bertz CT molecular complexity index is 564. The quantitative estimate of drug-likeness (QED) is 0.778. The van der Waals surface area contributed by atoms with E-state index < -0.39 is 0 Å². The van der Waals surface area contributed by atoms with Crippen molar-refractivity contribution >= 4 is 17.7 Å². The second kappa shape index (κ2) is 8.60. The fourth-order valence-corrected chi connectivity index (χ4v) is 2.82. The monoisotopic (exact) mass is 319 g/mol. The number of amides is 1. The summed E-state index contributed by atoms with van der Waals surface area (Å²) in [6, 6.07) is 9.40. The average Bonchev–Trinajstić information content (AvgIpc) is 3.01. The van der Waals surface area contributed by atoms with Gasteiger partial charge in [0, 0.05) is 36.4 Å². The van der Waals surface area contributed by atoms with Gasteiger partial charge in [0.1, 0.15) is 0 Å². The molecule has 2 N–H and O–H groups in total. The van der Waals surface area contributed by atoms with Crippen LogP contribution in [0.2, 0.25) is 0 Å². The van der Waals surface area contributed by atoms with Crippen molar-refractivity contribution in [2.75, 3.05) is 18.6 Å². The molecular weight excluding hydrogens is 298 g/mol. The lowest BCUT2D eigenvalue weighted by molar-refractivity contribution is 0.0935. The average molecular weight is 319 g/mol. The lowest BCUT2D eigenvalue weighted by atomic mass is 10.1. The smallest absolute Gasteiger partial charge is 0.251 e. The molecule has 1 unspecified atom stereocenters. The fraction of sp³-hybridized carbons (Fsp3) is 0.375. The van der Waals surface area contributed by atoms with Crippen LogP contribution in [0.5, 0.6) is 0 Å². The van der Waals surface area contributed by atoms with Gasteiger partial charge in [-0.15, -0.1) is 0 Å². The Morgan fingerprint density at radius 1 is 1.41 bits per heavy atom. The number of carbonyl (C=O) groups excluding carboxylic acids is 1. The first-order valence-electron chi connectivity index (χ1n) is 7.20. The molecule has 1 amide bonds. The van der Waals surface area contributed by atoms with Gasteiger partial charge in [-0.3, -0.25) is 9.48 Å². The van der Waals surface area contributed by atoms with Gasteiger partial charge in [0.05, 0.1) is 6.54 Å². The highest BCUT2D eigenvalue weighted by Gasteiger charge is 2.13. The Morgan fingerprint density at radius 3 is 2.77 bits per heavy atom. The van der Waals surface area contributed by atoms with Crippen LogP contribution < -0.4 is 5.32 Å². The molecule has 0 aliphatic heterocycles. The maximum absolute atomic E-state index is 12.2. The second-order valence-corrected chi connectivity index (χ2v) is 5.95. The fourth-order valence-electron chi connectivity index (χ4n) is 2.17. The number of hydrogen-bond donors (Lipinski definition) is 2. The van der Waals surface area contributed by atoms with Crippen molar-refractivity contribution < 1.29 is 9.90 Å². The van der Waals surface area contributed by atoms with E-state index in [0.29, 0.717) is 18.5 Å². The van der Waals surface area contributed by atoms with Crippen molar-refractivity contribution in [2.45, 2.75) is 19.0 Å². The van der Waals surface area contributed by atoms with E-state index in [1.54, 1.807) is 18.0 Å². The Balaban J connectivity index is 1.95. The SMILES string of the molecule is CSCC(CCO)NC(=O)c1ccc(Cn2cccn2)cc1. The molecule has 5 nitrogen and oxygen atoms in total. The first-order chi connectivity index (χ1) is 10.7. The van der Waals surface area contributed by atoms with Gasteiger partial charge >= 0.3 is 0 Å². The van der Waals surface area contributed by atoms with Gasteiger partial charge in [-0.1, -0.05) is 12.1 Å². The molecule has 1 aromatic carbocycles. The van der Waals surface area contributed by atoms with Gasteiger partial charge < -0.3 is 10.4 Å². The van der Waals surface area contributed by atoms with Crippen molar-refractivity contribution in [3.63, 3.8) is 0 Å². The summed E-state index contributed by atoms with van der Waals surface area (Å²) < 4.78 is 1.84. The minimum absolute atomic E-state index is 0.00347. The van der Waals surface area contributed by atoms with Crippen molar-refractivity contribution in [3.8, 4) is 0 Å². The summed E-state index contributed by atoms with van der Waals surface area (Å²) >= 11 is 1.66. The van der Waals surface area contributed by atoms with E-state index in [2.05, 4.69) is 10.4 Å². The lowest BCUT2D eigenvalue weighted by Crippen LogP contribution is -2.37. The molecule has 6 heteroatoms. The number of nitrogens with one attached hydrogen (secondary N) is 1. The number of aromatic nitrogens is 2. The van der Waals surface area contributed by atoms with Crippen LogP contribution >= 0.6 is 11.8 Å². The summed E-state index contributed by atoms with van der Waals surface area (Å²) in [5.74, 6) is 0.696. The van der Waals surface area contributed by atoms with E-state index in [1.807, 2.05) is 47.5 Å². The zero-order valence-corrected chi connectivity index (χ0v) is 13.4. The third-order valence-electron chi connectivity index (χ3n) is 3.30. The molecule has 0 saturated heterocycles. The van der Waals surface area contributed by atoms with E-state index >= 15 is 0 Å². The number of aliphatic hydroxyl groups is 1. The molecule has 0 spiro atoms. The second-order valence-electron chi connectivity index (χ2n) is 5.04. The van der Waals surface area contributed by atoms with Crippen molar-refractivity contribution in [1.29, 1.82) is 0 Å². The predicted octanol–water partition coefficient (Wildman–Crippen LogP) is 1.78. The molecule has 1 heterocycles. The third-order valence-corrected chi connectivity index (χ3v) is 4.04. The van der Waals surface area contributed by atoms with Gasteiger partial charge in [0.15, 0.2) is 0 Å². The molecule has 0 aliphatic rings. The van der Waals surface area contributed by atoms with Crippen LogP contribution in [0, 0.1) is 0 Å². The van der Waals surface area contributed by atoms with E-state index in [-0.39, 0.29) is 18.6 Å². The number of carbonyl (C=O) groups is 1. The highest BCUT2D eigenvalue weighted by atomic mass is 32.2. The number of thioether (sulfide) groups is 1. The Labute approximate surface area is 134 Å². The van der Waals surface area contributed by atoms with E-state index in [9.17, 15) is 4.79 Å². The number of aliphatic hydroxyl groups excluding tert-OH is 1. The summed E-state index contributed by atoms with van der Waals surface area (Å²) in [7, 11) is 0. The van der Waals surface area contributed by atoms with Gasteiger partial charge in [-0.25, -0.2) is 0 Å². The molecule has 1 atom stereocenters. The molecular formula is C16H21N3O2S. The van der Waals surface area contributed by atoms with Crippen LogP contribution in [0.25, 0.3) is 0 Å². The van der Waals surface area contributed by atoms with Crippen LogP contribution in [0.3, 0.4) is 0 Å².